The molecule has 1 aliphatic heterocycles. The minimum Gasteiger partial charge on any atom is -0.495 e. The van der Waals surface area contributed by atoms with Crippen LogP contribution in [0.15, 0.2) is 71.5 Å². The Morgan fingerprint density at radius 3 is 2.43 bits per heavy atom. The van der Waals surface area contributed by atoms with Crippen LogP contribution in [0.1, 0.15) is 23.1 Å². The fourth-order valence-corrected chi connectivity index (χ4v) is 4.93. The summed E-state index contributed by atoms with van der Waals surface area (Å²) >= 11 is 6.27. The Morgan fingerprint density at radius 1 is 0.973 bits per heavy atom. The molecule has 0 aliphatic carbocycles. The molecule has 1 aromatic heterocycles. The van der Waals surface area contributed by atoms with Crippen molar-refractivity contribution in [2.24, 2.45) is 0 Å². The predicted molar refractivity (Wildman–Crippen MR) is 159 cm³/mol. The number of H-pyrrole nitrogens is 1. The van der Waals surface area contributed by atoms with Crippen molar-refractivity contribution >= 4 is 46.3 Å². The van der Waals surface area contributed by atoms with Crippen molar-refractivity contribution < 1.29 is 4.74 Å². The minimum absolute atomic E-state index is 0. The average Bonchev–Trinajstić information content (AvgIpc) is 3.01. The lowest BCUT2D eigenvalue weighted by Gasteiger charge is -2.27. The number of halogens is 2. The number of hydrogen-bond acceptors (Lipinski definition) is 4. The van der Waals surface area contributed by atoms with E-state index in [1.165, 1.54) is 22.5 Å². The molecule has 1 N–H and O–H groups in total. The summed E-state index contributed by atoms with van der Waals surface area (Å²) in [6, 6.07) is 22.4. The zero-order valence-electron chi connectivity index (χ0n) is 21.9. The number of fused-ring (bicyclic) bond motifs is 3. The first-order valence-electron chi connectivity index (χ1n) is 12.3. The molecule has 0 fully saturated rings. The van der Waals surface area contributed by atoms with Crippen LogP contribution in [0.3, 0.4) is 0 Å². The maximum Gasteiger partial charge on any atom is 0.248 e. The van der Waals surface area contributed by atoms with Crippen LogP contribution in [-0.2, 0) is 12.8 Å². The molecule has 2 heterocycles. The van der Waals surface area contributed by atoms with E-state index in [0.717, 1.165) is 53.8 Å². The first-order chi connectivity index (χ1) is 17.4. The Kier molecular flexibility index (Phi) is 10.0. The van der Waals surface area contributed by atoms with Crippen molar-refractivity contribution in [1.29, 1.82) is 0 Å². The number of aryl methyl sites for hydroxylation is 3. The molecule has 0 amide bonds. The molecule has 3 aromatic carbocycles. The highest BCUT2D eigenvalue weighted by Gasteiger charge is 2.20. The van der Waals surface area contributed by atoms with Gasteiger partial charge in [-0.05, 0) is 87.8 Å². The molecule has 0 saturated heterocycles. The number of nitrogens with one attached hydrogen (secondary N) is 1. The molecule has 5 rings (SSSR count). The summed E-state index contributed by atoms with van der Waals surface area (Å²) in [4.78, 5) is 18.7. The molecule has 0 spiro atoms. The van der Waals surface area contributed by atoms with E-state index in [-0.39, 0.29) is 18.0 Å². The Labute approximate surface area is 230 Å². The van der Waals surface area contributed by atoms with Gasteiger partial charge in [0.2, 0.25) is 5.56 Å². The molecule has 4 aromatic rings. The number of nitrogens with zero attached hydrogens (tertiary/aromatic N) is 2. The van der Waals surface area contributed by atoms with E-state index in [1.807, 2.05) is 31.2 Å². The van der Waals surface area contributed by atoms with Gasteiger partial charge in [-0.2, -0.15) is 0 Å². The summed E-state index contributed by atoms with van der Waals surface area (Å²) in [5.41, 5.74) is 7.06. The van der Waals surface area contributed by atoms with Crippen LogP contribution in [0.5, 0.6) is 5.75 Å². The van der Waals surface area contributed by atoms with Crippen LogP contribution in [0, 0.1) is 6.92 Å². The molecule has 0 unspecified atom stereocenters. The maximum atomic E-state index is 11.3. The van der Waals surface area contributed by atoms with Crippen LogP contribution < -0.4 is 15.2 Å². The molecule has 0 saturated carbocycles. The molecule has 0 atom stereocenters. The zero-order valence-corrected chi connectivity index (χ0v) is 23.5. The summed E-state index contributed by atoms with van der Waals surface area (Å²) in [7, 11) is 5.85. The van der Waals surface area contributed by atoms with Gasteiger partial charge in [0.1, 0.15) is 5.75 Å². The lowest BCUT2D eigenvalue weighted by Crippen LogP contribution is -2.24. The number of benzene rings is 3. The highest BCUT2D eigenvalue weighted by atomic mass is 35.5. The summed E-state index contributed by atoms with van der Waals surface area (Å²) in [5, 5.41) is 1.83. The first kappa shape index (κ1) is 28.6. The highest BCUT2D eigenvalue weighted by molar-refractivity contribution is 6.30. The predicted octanol–water partition coefficient (Wildman–Crippen LogP) is 6.80. The van der Waals surface area contributed by atoms with Crippen LogP contribution in [0.2, 0.25) is 5.02 Å². The molecule has 5 nitrogen and oxygen atoms in total. The molecule has 7 heteroatoms. The van der Waals surface area contributed by atoms with E-state index < -0.39 is 0 Å². The Bertz CT molecular complexity index is 1400. The summed E-state index contributed by atoms with van der Waals surface area (Å²) in [6.07, 6.45) is 3.30. The van der Waals surface area contributed by atoms with Gasteiger partial charge in [0, 0.05) is 34.4 Å². The fraction of sp³-hybridized carbons (Fsp3) is 0.300. The molecule has 0 radical (unpaired) electrons. The van der Waals surface area contributed by atoms with Crippen molar-refractivity contribution in [2.75, 3.05) is 39.2 Å². The van der Waals surface area contributed by atoms with Gasteiger partial charge < -0.3 is 19.5 Å². The second-order valence-electron chi connectivity index (χ2n) is 9.41. The topological polar surface area (TPSA) is 48.6 Å². The van der Waals surface area contributed by atoms with Crippen LogP contribution in [0.4, 0.5) is 11.4 Å². The minimum atomic E-state index is -0.0977. The van der Waals surface area contributed by atoms with Crippen molar-refractivity contribution in [3.05, 3.63) is 98.8 Å². The smallest absolute Gasteiger partial charge is 0.248 e. The third kappa shape index (κ3) is 6.86. The number of aromatic nitrogens is 1. The summed E-state index contributed by atoms with van der Waals surface area (Å²) in [5.74, 6) is 0.698. The Hall–Kier alpha value is -2.99. The van der Waals surface area contributed by atoms with Gasteiger partial charge >= 0.3 is 0 Å². The molecule has 1 aliphatic rings. The number of aromatic amines is 1. The van der Waals surface area contributed by atoms with Crippen molar-refractivity contribution in [3.8, 4) is 5.75 Å². The van der Waals surface area contributed by atoms with Crippen molar-refractivity contribution in [3.63, 3.8) is 0 Å². The van der Waals surface area contributed by atoms with Crippen molar-refractivity contribution in [2.45, 2.75) is 26.2 Å². The van der Waals surface area contributed by atoms with Gasteiger partial charge in [0.15, 0.2) is 0 Å². The van der Waals surface area contributed by atoms with Crippen LogP contribution in [-0.4, -0.2) is 44.2 Å². The van der Waals surface area contributed by atoms with Gasteiger partial charge in [0.05, 0.1) is 12.6 Å². The molecule has 37 heavy (non-hydrogen) atoms. The lowest BCUT2D eigenvalue weighted by atomic mass is 10.0. The van der Waals surface area contributed by atoms with Crippen LogP contribution in [0.25, 0.3) is 10.9 Å². The van der Waals surface area contributed by atoms with Crippen molar-refractivity contribution in [1.82, 2.24) is 9.88 Å². The Morgan fingerprint density at radius 2 is 1.70 bits per heavy atom. The Balaban J connectivity index is 0.000000220. The summed E-state index contributed by atoms with van der Waals surface area (Å²) in [6.45, 7) is 4.02. The van der Waals surface area contributed by atoms with E-state index in [4.69, 9.17) is 16.3 Å². The standard InChI is InChI=1S/C19H23ClN2.C11H11NO2.ClH/c1-21(2)12-5-13-22-18-7-4-3-6-15(18)8-9-16-10-11-17(20)14-19(16)22;1-7-6-10(13)12-11-8(7)4-3-5-9(11)14-2;/h3-4,6-7,10-11,14H,5,8-9,12-13H2,1-2H3;3-6H,1-2H3,(H,12,13);1H. The number of hydrogen-bond donors (Lipinski definition) is 1. The van der Waals surface area contributed by atoms with E-state index in [1.54, 1.807) is 13.2 Å². The first-order valence-corrected chi connectivity index (χ1v) is 12.7. The molecule has 0 bridgehead atoms. The summed E-state index contributed by atoms with van der Waals surface area (Å²) < 4.78 is 5.17. The highest BCUT2D eigenvalue weighted by Crippen LogP contribution is 2.37. The molecular formula is C30H35Cl2N3O2. The second-order valence-corrected chi connectivity index (χ2v) is 9.85. The monoisotopic (exact) mass is 539 g/mol. The number of ether oxygens (including phenoxy) is 1. The maximum absolute atomic E-state index is 11.3. The molecule has 196 valence electrons. The number of methoxy groups -OCH3 is 1. The number of pyridine rings is 1. The largest absolute Gasteiger partial charge is 0.495 e. The van der Waals surface area contributed by atoms with E-state index >= 15 is 0 Å². The van der Waals surface area contributed by atoms with E-state index in [2.05, 4.69) is 65.3 Å². The SMILES string of the molecule is CN(C)CCCN1c2ccccc2CCc2ccc(Cl)cc21.COc1cccc2c(C)cc(=O)[nH]c12.Cl. The third-order valence-electron chi connectivity index (χ3n) is 6.54. The lowest BCUT2D eigenvalue weighted by molar-refractivity contribution is 0.402. The third-order valence-corrected chi connectivity index (χ3v) is 6.77. The average molecular weight is 541 g/mol. The van der Waals surface area contributed by atoms with Gasteiger partial charge in [-0.25, -0.2) is 0 Å². The number of anilines is 2. The molecular weight excluding hydrogens is 505 g/mol. The fourth-order valence-electron chi connectivity index (χ4n) is 4.76. The van der Waals surface area contributed by atoms with E-state index in [9.17, 15) is 4.79 Å². The number of rotatable bonds is 5. The van der Waals surface area contributed by atoms with Gasteiger partial charge in [0.25, 0.3) is 0 Å². The quantitative estimate of drug-likeness (QED) is 0.303. The number of para-hydroxylation sites is 2. The van der Waals surface area contributed by atoms with Crippen LogP contribution >= 0.6 is 24.0 Å². The van der Waals surface area contributed by atoms with E-state index in [0.29, 0.717) is 5.75 Å². The normalized spacial score (nSPS) is 12.1. The van der Waals surface area contributed by atoms with Gasteiger partial charge in [-0.3, -0.25) is 4.79 Å². The van der Waals surface area contributed by atoms with Gasteiger partial charge in [-0.1, -0.05) is 48.0 Å². The second kappa shape index (κ2) is 13.0. The zero-order chi connectivity index (χ0) is 25.7. The van der Waals surface area contributed by atoms with Gasteiger partial charge in [-0.15, -0.1) is 12.4 Å².